The van der Waals surface area contributed by atoms with E-state index in [-0.39, 0.29) is 10.8 Å². The predicted molar refractivity (Wildman–Crippen MR) is 275 cm³/mol. The van der Waals surface area contributed by atoms with Crippen LogP contribution in [0.3, 0.4) is 0 Å². The highest BCUT2D eigenvalue weighted by Crippen LogP contribution is 2.54. The molecular formula is C64H54. The summed E-state index contributed by atoms with van der Waals surface area (Å²) in [4.78, 5) is 0. The van der Waals surface area contributed by atoms with Crippen LogP contribution in [-0.4, -0.2) is 0 Å². The van der Waals surface area contributed by atoms with E-state index in [9.17, 15) is 0 Å². The van der Waals surface area contributed by atoms with Crippen molar-refractivity contribution in [1.29, 1.82) is 0 Å². The Kier molecular flexibility index (Phi) is 8.42. The van der Waals surface area contributed by atoms with Crippen LogP contribution in [0.4, 0.5) is 0 Å². The SMILES string of the molecule is CC(C)c1ccc(-c2cc(-c3ccc4c(c3)-c3ccccc3C4(C)C)c3ccc4c(-c5ccc(C(C)C)cc5)cc(-c5ccc6c(c5)-c5ccccc5C6(C)C)c5ccc2c3c45)cc1. The smallest absolute Gasteiger partial charge is 0.0158 e. The van der Waals surface area contributed by atoms with Crippen molar-refractivity contribution in [2.45, 2.75) is 78.1 Å². The fraction of sp³-hybridized carbons (Fsp3) is 0.188. The molecule has 10 aromatic carbocycles. The maximum Gasteiger partial charge on any atom is 0.0158 e. The molecule has 0 radical (unpaired) electrons. The second kappa shape index (κ2) is 13.9. The number of hydrogen-bond donors (Lipinski definition) is 0. The Bertz CT molecular complexity index is 3280. The van der Waals surface area contributed by atoms with E-state index in [2.05, 4.69) is 225 Å². The zero-order valence-corrected chi connectivity index (χ0v) is 38.3. The van der Waals surface area contributed by atoms with Crippen molar-refractivity contribution >= 4 is 32.3 Å². The Morgan fingerprint density at radius 1 is 0.281 bits per heavy atom. The summed E-state index contributed by atoms with van der Waals surface area (Å²) < 4.78 is 0. The van der Waals surface area contributed by atoms with Crippen LogP contribution < -0.4 is 0 Å². The first kappa shape index (κ1) is 38.9. The average Bonchev–Trinajstić information content (AvgIpc) is 3.69. The predicted octanol–water partition coefficient (Wildman–Crippen LogP) is 18.1. The molecular weight excluding hydrogens is 769 g/mol. The van der Waals surface area contributed by atoms with Gasteiger partial charge in [-0.1, -0.05) is 201 Å². The van der Waals surface area contributed by atoms with Crippen LogP contribution in [0.5, 0.6) is 0 Å². The lowest BCUT2D eigenvalue weighted by molar-refractivity contribution is 0.660. The van der Waals surface area contributed by atoms with Gasteiger partial charge < -0.3 is 0 Å². The third-order valence-electron chi connectivity index (χ3n) is 15.5. The normalized spacial score (nSPS) is 14.5. The van der Waals surface area contributed by atoms with Crippen LogP contribution in [0.1, 0.15) is 101 Å². The van der Waals surface area contributed by atoms with E-state index in [1.54, 1.807) is 0 Å². The molecule has 64 heavy (non-hydrogen) atoms. The molecule has 0 atom stereocenters. The van der Waals surface area contributed by atoms with Crippen molar-refractivity contribution in [2.75, 3.05) is 0 Å². The van der Waals surface area contributed by atoms with E-state index in [0.29, 0.717) is 11.8 Å². The van der Waals surface area contributed by atoms with Crippen LogP contribution in [0.2, 0.25) is 0 Å². The minimum Gasteiger partial charge on any atom is -0.0619 e. The van der Waals surface area contributed by atoms with Crippen molar-refractivity contribution in [3.05, 3.63) is 203 Å². The van der Waals surface area contributed by atoms with Gasteiger partial charge in [0.2, 0.25) is 0 Å². The average molecular weight is 823 g/mol. The van der Waals surface area contributed by atoms with Gasteiger partial charge in [0.25, 0.3) is 0 Å². The van der Waals surface area contributed by atoms with Crippen molar-refractivity contribution in [1.82, 2.24) is 0 Å². The highest BCUT2D eigenvalue weighted by Gasteiger charge is 2.37. The summed E-state index contributed by atoms with van der Waals surface area (Å²) in [7, 11) is 0. The van der Waals surface area contributed by atoms with E-state index in [1.807, 2.05) is 0 Å². The fourth-order valence-corrected chi connectivity index (χ4v) is 11.8. The number of rotatable bonds is 6. The Balaban J connectivity index is 1.18. The zero-order chi connectivity index (χ0) is 43.8. The van der Waals surface area contributed by atoms with E-state index in [4.69, 9.17) is 0 Å². The van der Waals surface area contributed by atoms with Gasteiger partial charge in [0.15, 0.2) is 0 Å². The third kappa shape index (κ3) is 5.54. The Morgan fingerprint density at radius 3 is 0.953 bits per heavy atom. The largest absolute Gasteiger partial charge is 0.0619 e. The molecule has 0 heterocycles. The lowest BCUT2D eigenvalue weighted by atomic mass is 9.80. The molecule has 10 aromatic rings. The molecule has 0 unspecified atom stereocenters. The standard InChI is InChI=1S/C64H54/c1-37(2)39-17-21-41(22-18-39)51-35-53(43-25-31-59-55(33-43)45-13-9-11-15-57(45)63(59,5)6)49-30-28-48-52(42-23-19-40(20-24-42)38(3)4)36-54(50-29-27-47(51)61(49)62(48)50)44-26-32-60-56(34-44)46-14-10-12-16-58(46)64(60,7)8/h9-38H,1-8H3. The molecule has 0 fully saturated rings. The molecule has 0 aromatic heterocycles. The second-order valence-corrected chi connectivity index (χ2v) is 20.4. The lowest BCUT2D eigenvalue weighted by Crippen LogP contribution is -2.14. The van der Waals surface area contributed by atoms with Gasteiger partial charge >= 0.3 is 0 Å². The van der Waals surface area contributed by atoms with Crippen molar-refractivity contribution in [2.24, 2.45) is 0 Å². The molecule has 0 amide bonds. The second-order valence-electron chi connectivity index (χ2n) is 20.4. The van der Waals surface area contributed by atoms with Crippen LogP contribution in [0, 0.1) is 0 Å². The summed E-state index contributed by atoms with van der Waals surface area (Å²) in [5, 5.41) is 7.86. The molecule has 0 bridgehead atoms. The van der Waals surface area contributed by atoms with Crippen molar-refractivity contribution in [3.63, 3.8) is 0 Å². The Hall–Kier alpha value is -6.76. The number of benzene rings is 10. The summed E-state index contributed by atoms with van der Waals surface area (Å²) in [6.45, 7) is 18.6. The molecule has 0 saturated heterocycles. The molecule has 0 N–H and O–H groups in total. The zero-order valence-electron chi connectivity index (χ0n) is 38.3. The summed E-state index contributed by atoms with van der Waals surface area (Å²) in [5.74, 6) is 0.935. The highest BCUT2D eigenvalue weighted by atomic mass is 14.4. The summed E-state index contributed by atoms with van der Waals surface area (Å²) >= 11 is 0. The molecule has 0 heteroatoms. The van der Waals surface area contributed by atoms with Crippen LogP contribution in [0.15, 0.2) is 170 Å². The van der Waals surface area contributed by atoms with Crippen LogP contribution in [-0.2, 0) is 10.8 Å². The van der Waals surface area contributed by atoms with Gasteiger partial charge in [0.05, 0.1) is 0 Å². The lowest BCUT2D eigenvalue weighted by Gasteiger charge is -2.23. The first-order valence-corrected chi connectivity index (χ1v) is 23.4. The summed E-state index contributed by atoms with van der Waals surface area (Å²) in [5.41, 5.74) is 23.8. The molecule has 310 valence electrons. The number of fused-ring (bicyclic) bond motifs is 6. The summed E-state index contributed by atoms with van der Waals surface area (Å²) in [6, 6.07) is 66.0. The summed E-state index contributed by atoms with van der Waals surface area (Å²) in [6.07, 6.45) is 0. The Morgan fingerprint density at radius 2 is 0.594 bits per heavy atom. The van der Waals surface area contributed by atoms with E-state index in [1.165, 1.54) is 132 Å². The monoisotopic (exact) mass is 822 g/mol. The van der Waals surface area contributed by atoms with Gasteiger partial charge in [0.1, 0.15) is 0 Å². The third-order valence-corrected chi connectivity index (χ3v) is 15.5. The quantitative estimate of drug-likeness (QED) is 0.147. The first-order valence-electron chi connectivity index (χ1n) is 23.4. The topological polar surface area (TPSA) is 0 Å². The van der Waals surface area contributed by atoms with Gasteiger partial charge in [-0.2, -0.15) is 0 Å². The van der Waals surface area contributed by atoms with Gasteiger partial charge in [-0.05, 0) is 169 Å². The van der Waals surface area contributed by atoms with E-state index in [0.717, 1.165) is 0 Å². The van der Waals surface area contributed by atoms with Crippen molar-refractivity contribution < 1.29 is 0 Å². The molecule has 0 spiro atoms. The molecule has 12 rings (SSSR count). The van der Waals surface area contributed by atoms with Gasteiger partial charge in [0, 0.05) is 10.8 Å². The number of hydrogen-bond acceptors (Lipinski definition) is 0. The molecule has 0 aliphatic heterocycles. The van der Waals surface area contributed by atoms with Crippen molar-refractivity contribution in [3.8, 4) is 66.8 Å². The van der Waals surface area contributed by atoms with Gasteiger partial charge in [-0.15, -0.1) is 0 Å². The molecule has 0 nitrogen and oxygen atoms in total. The van der Waals surface area contributed by atoms with Gasteiger partial charge in [-0.3, -0.25) is 0 Å². The minimum atomic E-state index is -0.0496. The van der Waals surface area contributed by atoms with E-state index >= 15 is 0 Å². The molecule has 2 aliphatic rings. The minimum absolute atomic E-state index is 0.0496. The maximum absolute atomic E-state index is 2.49. The fourth-order valence-electron chi connectivity index (χ4n) is 11.8. The van der Waals surface area contributed by atoms with Gasteiger partial charge in [-0.25, -0.2) is 0 Å². The molecule has 2 aliphatic carbocycles. The van der Waals surface area contributed by atoms with Crippen LogP contribution in [0.25, 0.3) is 99.1 Å². The highest BCUT2D eigenvalue weighted by molar-refractivity contribution is 6.32. The van der Waals surface area contributed by atoms with Crippen LogP contribution >= 0.6 is 0 Å². The van der Waals surface area contributed by atoms with E-state index < -0.39 is 0 Å². The molecule has 0 saturated carbocycles. The maximum atomic E-state index is 2.49. The first-order chi connectivity index (χ1) is 30.9. The Labute approximate surface area is 378 Å².